The van der Waals surface area contributed by atoms with Crippen molar-refractivity contribution in [1.29, 1.82) is 0 Å². The van der Waals surface area contributed by atoms with Gasteiger partial charge in [0.05, 0.1) is 11.6 Å². The fraction of sp³-hybridized carbons (Fsp3) is 0.133. The molecule has 0 radical (unpaired) electrons. The molecule has 3 rings (SSSR count). The molecule has 1 aliphatic heterocycles. The Morgan fingerprint density at radius 2 is 1.71 bits per heavy atom. The Morgan fingerprint density at radius 1 is 1.05 bits per heavy atom. The molecule has 0 aliphatic carbocycles. The minimum atomic E-state index is -4.41. The number of nitrogens with one attached hydrogen (secondary N) is 1. The van der Waals surface area contributed by atoms with Crippen molar-refractivity contribution in [3.05, 3.63) is 64.7 Å². The van der Waals surface area contributed by atoms with E-state index in [2.05, 4.69) is 5.32 Å². The van der Waals surface area contributed by atoms with E-state index in [0.717, 1.165) is 12.1 Å². The SMILES string of the molecule is O=C1NC(c2ccc(C(F)(F)F)cc2)c2c(O)cccc21. The van der Waals surface area contributed by atoms with Gasteiger partial charge in [-0.15, -0.1) is 0 Å². The predicted molar refractivity (Wildman–Crippen MR) is 68.9 cm³/mol. The third kappa shape index (κ3) is 2.22. The van der Waals surface area contributed by atoms with Crippen molar-refractivity contribution >= 4 is 5.91 Å². The van der Waals surface area contributed by atoms with E-state index in [-0.39, 0.29) is 11.7 Å². The Kier molecular flexibility index (Phi) is 2.90. The number of carbonyl (C=O) groups excluding carboxylic acids is 1. The molecule has 6 heteroatoms. The van der Waals surface area contributed by atoms with Crippen molar-refractivity contribution in [1.82, 2.24) is 5.32 Å². The van der Waals surface area contributed by atoms with Crippen molar-refractivity contribution in [3.8, 4) is 5.75 Å². The van der Waals surface area contributed by atoms with Gasteiger partial charge >= 0.3 is 6.18 Å². The summed E-state index contributed by atoms with van der Waals surface area (Å²) in [5.41, 5.74) is 0.451. The summed E-state index contributed by atoms with van der Waals surface area (Å²) in [4.78, 5) is 11.8. The van der Waals surface area contributed by atoms with Crippen LogP contribution in [-0.4, -0.2) is 11.0 Å². The van der Waals surface area contributed by atoms with Gasteiger partial charge in [0, 0.05) is 11.1 Å². The number of carbonyl (C=O) groups is 1. The Hall–Kier alpha value is -2.50. The van der Waals surface area contributed by atoms with Crippen LogP contribution in [0.3, 0.4) is 0 Å². The van der Waals surface area contributed by atoms with Gasteiger partial charge in [-0.2, -0.15) is 13.2 Å². The molecule has 0 bridgehead atoms. The summed E-state index contributed by atoms with van der Waals surface area (Å²) in [6.07, 6.45) is -4.41. The molecule has 0 aromatic heterocycles. The van der Waals surface area contributed by atoms with Gasteiger partial charge in [0.1, 0.15) is 5.75 Å². The van der Waals surface area contributed by atoms with Crippen molar-refractivity contribution in [2.24, 2.45) is 0 Å². The highest BCUT2D eigenvalue weighted by Gasteiger charge is 2.34. The Balaban J connectivity index is 2.02. The fourth-order valence-electron chi connectivity index (χ4n) is 2.45. The van der Waals surface area contributed by atoms with Crippen LogP contribution in [0.25, 0.3) is 0 Å². The number of phenols is 1. The number of rotatable bonds is 1. The normalized spacial score (nSPS) is 17.5. The van der Waals surface area contributed by atoms with Crippen LogP contribution in [0.4, 0.5) is 13.2 Å². The molecule has 1 aliphatic rings. The number of fused-ring (bicyclic) bond motifs is 1. The minimum Gasteiger partial charge on any atom is -0.508 e. The van der Waals surface area contributed by atoms with Crippen molar-refractivity contribution in [2.45, 2.75) is 12.2 Å². The molecule has 1 amide bonds. The van der Waals surface area contributed by atoms with Gasteiger partial charge in [-0.3, -0.25) is 4.79 Å². The molecule has 1 unspecified atom stereocenters. The van der Waals surface area contributed by atoms with E-state index in [4.69, 9.17) is 0 Å². The van der Waals surface area contributed by atoms with Gasteiger partial charge in [0.15, 0.2) is 0 Å². The zero-order valence-corrected chi connectivity index (χ0v) is 10.6. The number of alkyl halides is 3. The van der Waals surface area contributed by atoms with E-state index >= 15 is 0 Å². The number of amides is 1. The predicted octanol–water partition coefficient (Wildman–Crippen LogP) is 3.24. The van der Waals surface area contributed by atoms with Crippen LogP contribution in [0.15, 0.2) is 42.5 Å². The molecule has 1 atom stereocenters. The molecule has 21 heavy (non-hydrogen) atoms. The van der Waals surface area contributed by atoms with E-state index in [1.54, 1.807) is 12.1 Å². The van der Waals surface area contributed by atoms with Gasteiger partial charge in [0.2, 0.25) is 0 Å². The molecule has 2 aromatic carbocycles. The lowest BCUT2D eigenvalue weighted by Crippen LogP contribution is -2.20. The highest BCUT2D eigenvalue weighted by atomic mass is 19.4. The Morgan fingerprint density at radius 3 is 2.33 bits per heavy atom. The maximum atomic E-state index is 12.6. The van der Waals surface area contributed by atoms with E-state index in [1.807, 2.05) is 0 Å². The second-order valence-electron chi connectivity index (χ2n) is 4.76. The van der Waals surface area contributed by atoms with Gasteiger partial charge in [-0.05, 0) is 29.8 Å². The largest absolute Gasteiger partial charge is 0.508 e. The number of phenolic OH excluding ortho intramolecular Hbond substituents is 1. The van der Waals surface area contributed by atoms with E-state index < -0.39 is 17.8 Å². The van der Waals surface area contributed by atoms with Crippen LogP contribution in [0.5, 0.6) is 5.75 Å². The maximum absolute atomic E-state index is 12.6. The number of aromatic hydroxyl groups is 1. The van der Waals surface area contributed by atoms with Gasteiger partial charge in [-0.25, -0.2) is 0 Å². The Labute approximate surface area is 118 Å². The molecule has 2 aromatic rings. The molecule has 1 heterocycles. The first kappa shape index (κ1) is 13.5. The second kappa shape index (κ2) is 4.51. The number of halogens is 3. The average molecular weight is 293 g/mol. The number of hydrogen-bond donors (Lipinski definition) is 2. The van der Waals surface area contributed by atoms with Crippen LogP contribution >= 0.6 is 0 Å². The quantitative estimate of drug-likeness (QED) is 0.848. The van der Waals surface area contributed by atoms with Crippen LogP contribution in [0, 0.1) is 0 Å². The van der Waals surface area contributed by atoms with E-state index in [0.29, 0.717) is 16.7 Å². The number of benzene rings is 2. The summed E-state index contributed by atoms with van der Waals surface area (Å²) in [5, 5.41) is 12.5. The first-order valence-corrected chi connectivity index (χ1v) is 6.18. The monoisotopic (exact) mass is 293 g/mol. The lowest BCUT2D eigenvalue weighted by Gasteiger charge is -2.14. The lowest BCUT2D eigenvalue weighted by atomic mass is 9.96. The molecule has 3 nitrogen and oxygen atoms in total. The highest BCUT2D eigenvalue weighted by molar-refractivity contribution is 6.00. The highest BCUT2D eigenvalue weighted by Crippen LogP contribution is 2.38. The second-order valence-corrected chi connectivity index (χ2v) is 4.76. The van der Waals surface area contributed by atoms with Crippen LogP contribution in [0.2, 0.25) is 0 Å². The fourth-order valence-corrected chi connectivity index (χ4v) is 2.45. The molecule has 0 spiro atoms. The summed E-state index contributed by atoms with van der Waals surface area (Å²) >= 11 is 0. The average Bonchev–Trinajstić information content (AvgIpc) is 2.77. The smallest absolute Gasteiger partial charge is 0.416 e. The summed E-state index contributed by atoms with van der Waals surface area (Å²) in [6.45, 7) is 0. The maximum Gasteiger partial charge on any atom is 0.416 e. The van der Waals surface area contributed by atoms with Crippen molar-refractivity contribution in [2.75, 3.05) is 0 Å². The van der Waals surface area contributed by atoms with Gasteiger partial charge in [-0.1, -0.05) is 18.2 Å². The number of hydrogen-bond acceptors (Lipinski definition) is 2. The third-order valence-corrected chi connectivity index (χ3v) is 3.46. The molecule has 0 saturated heterocycles. The van der Waals surface area contributed by atoms with E-state index in [9.17, 15) is 23.1 Å². The molecule has 108 valence electrons. The zero-order chi connectivity index (χ0) is 15.2. The summed E-state index contributed by atoms with van der Waals surface area (Å²) in [5.74, 6) is -0.415. The van der Waals surface area contributed by atoms with Crippen LogP contribution in [0.1, 0.15) is 33.1 Å². The van der Waals surface area contributed by atoms with Crippen molar-refractivity contribution in [3.63, 3.8) is 0 Å². The Bertz CT molecular complexity index is 708. The summed E-state index contributed by atoms with van der Waals surface area (Å²) in [7, 11) is 0. The molecule has 0 fully saturated rings. The molecular weight excluding hydrogens is 283 g/mol. The van der Waals surface area contributed by atoms with Crippen LogP contribution in [-0.2, 0) is 6.18 Å². The molecule has 0 saturated carbocycles. The van der Waals surface area contributed by atoms with Gasteiger partial charge < -0.3 is 10.4 Å². The standard InChI is InChI=1S/C15H10F3NO2/c16-15(17,18)9-6-4-8(5-7-9)13-12-10(14(21)19-13)2-1-3-11(12)20/h1-7,13,20H,(H,19,21). The molecule has 2 N–H and O–H groups in total. The topological polar surface area (TPSA) is 49.3 Å². The minimum absolute atomic E-state index is 0.0595. The lowest BCUT2D eigenvalue weighted by molar-refractivity contribution is -0.137. The third-order valence-electron chi connectivity index (χ3n) is 3.46. The first-order valence-electron chi connectivity index (χ1n) is 6.18. The summed E-state index contributed by atoms with van der Waals surface area (Å²) in [6, 6.07) is 8.42. The zero-order valence-electron chi connectivity index (χ0n) is 10.6. The summed E-state index contributed by atoms with van der Waals surface area (Å²) < 4.78 is 37.7. The first-order chi connectivity index (χ1) is 9.88. The van der Waals surface area contributed by atoms with E-state index in [1.165, 1.54) is 18.2 Å². The molecular formula is C15H10F3NO2. The van der Waals surface area contributed by atoms with Crippen molar-refractivity contribution < 1.29 is 23.1 Å². The van der Waals surface area contributed by atoms with Crippen LogP contribution < -0.4 is 5.32 Å². The van der Waals surface area contributed by atoms with Gasteiger partial charge in [0.25, 0.3) is 5.91 Å².